The summed E-state index contributed by atoms with van der Waals surface area (Å²) in [6, 6.07) is 17.7. The molecule has 2 atom stereocenters. The summed E-state index contributed by atoms with van der Waals surface area (Å²) in [5.74, 6) is 1.58. The highest BCUT2D eigenvalue weighted by molar-refractivity contribution is 6.00. The lowest BCUT2D eigenvalue weighted by Crippen LogP contribution is -2.03. The fourth-order valence-electron chi connectivity index (χ4n) is 2.52. The molecule has 0 saturated heterocycles. The van der Waals surface area contributed by atoms with Crippen LogP contribution in [-0.4, -0.2) is 12.9 Å². The predicted octanol–water partition coefficient (Wildman–Crippen LogP) is 3.68. The third-order valence-corrected chi connectivity index (χ3v) is 3.73. The normalized spacial score (nSPS) is 20.9. The van der Waals surface area contributed by atoms with Gasteiger partial charge in [-0.3, -0.25) is 4.79 Å². The zero-order valence-corrected chi connectivity index (χ0v) is 10.9. The number of ether oxygens (including phenoxy) is 1. The van der Waals surface area contributed by atoms with Crippen LogP contribution in [0.15, 0.2) is 54.6 Å². The van der Waals surface area contributed by atoms with Gasteiger partial charge in [0.2, 0.25) is 0 Å². The highest BCUT2D eigenvalue weighted by atomic mass is 16.5. The van der Waals surface area contributed by atoms with E-state index in [1.54, 1.807) is 7.11 Å². The van der Waals surface area contributed by atoms with Crippen molar-refractivity contribution in [1.29, 1.82) is 0 Å². The summed E-state index contributed by atoms with van der Waals surface area (Å²) in [6.07, 6.45) is 0.967. The summed E-state index contributed by atoms with van der Waals surface area (Å²) in [4.78, 5) is 12.3. The zero-order chi connectivity index (χ0) is 13.2. The summed E-state index contributed by atoms with van der Waals surface area (Å²) >= 11 is 0. The fourth-order valence-corrected chi connectivity index (χ4v) is 2.52. The van der Waals surface area contributed by atoms with Crippen LogP contribution in [0.2, 0.25) is 0 Å². The molecule has 1 aliphatic carbocycles. The minimum Gasteiger partial charge on any atom is -0.497 e. The van der Waals surface area contributed by atoms with Crippen LogP contribution in [0, 0.1) is 5.92 Å². The summed E-state index contributed by atoms with van der Waals surface area (Å²) < 4.78 is 5.10. The molecule has 2 nitrogen and oxygen atoms in total. The molecule has 3 rings (SSSR count). The van der Waals surface area contributed by atoms with Crippen molar-refractivity contribution in [1.82, 2.24) is 0 Å². The molecule has 2 heteroatoms. The average molecular weight is 252 g/mol. The highest BCUT2D eigenvalue weighted by Crippen LogP contribution is 2.49. The summed E-state index contributed by atoms with van der Waals surface area (Å²) in [6.45, 7) is 0. The molecule has 0 amide bonds. The molecule has 1 saturated carbocycles. The standard InChI is InChI=1S/C17H16O2/c1-19-14-9-7-13(8-10-14)17(18)16-11-15(16)12-5-3-2-4-6-12/h2-10,15-16H,11H2,1H3. The van der Waals surface area contributed by atoms with Crippen molar-refractivity contribution in [2.24, 2.45) is 5.92 Å². The average Bonchev–Trinajstić information content (AvgIpc) is 3.28. The first-order valence-electron chi connectivity index (χ1n) is 6.53. The number of rotatable bonds is 4. The van der Waals surface area contributed by atoms with Crippen molar-refractivity contribution >= 4 is 5.78 Å². The second kappa shape index (κ2) is 4.88. The Morgan fingerprint density at radius 3 is 2.37 bits per heavy atom. The van der Waals surface area contributed by atoms with Crippen molar-refractivity contribution in [2.75, 3.05) is 7.11 Å². The Labute approximate surface area is 113 Å². The SMILES string of the molecule is COc1ccc(C(=O)C2CC2c2ccccc2)cc1. The molecule has 2 aromatic carbocycles. The van der Waals surface area contributed by atoms with Gasteiger partial charge in [-0.25, -0.2) is 0 Å². The maximum atomic E-state index is 12.3. The van der Waals surface area contributed by atoms with Crippen molar-refractivity contribution in [2.45, 2.75) is 12.3 Å². The lowest BCUT2D eigenvalue weighted by molar-refractivity contribution is 0.0965. The summed E-state index contributed by atoms with van der Waals surface area (Å²) in [7, 11) is 1.63. The van der Waals surface area contributed by atoms with Gasteiger partial charge in [-0.1, -0.05) is 30.3 Å². The Hall–Kier alpha value is -2.09. The first kappa shape index (κ1) is 12.0. The number of methoxy groups -OCH3 is 1. The van der Waals surface area contributed by atoms with E-state index in [1.165, 1.54) is 5.56 Å². The first-order chi connectivity index (χ1) is 9.29. The molecule has 0 radical (unpaired) electrons. The van der Waals surface area contributed by atoms with Crippen LogP contribution in [0.3, 0.4) is 0 Å². The molecular formula is C17H16O2. The van der Waals surface area contributed by atoms with Crippen LogP contribution in [0.4, 0.5) is 0 Å². The minimum atomic E-state index is 0.149. The van der Waals surface area contributed by atoms with Gasteiger partial charge in [0, 0.05) is 11.5 Å². The quantitative estimate of drug-likeness (QED) is 0.776. The second-order valence-electron chi connectivity index (χ2n) is 4.95. The minimum absolute atomic E-state index is 0.149. The van der Waals surface area contributed by atoms with Gasteiger partial charge >= 0.3 is 0 Å². The molecule has 2 aromatic rings. The van der Waals surface area contributed by atoms with Crippen LogP contribution in [0.1, 0.15) is 28.3 Å². The van der Waals surface area contributed by atoms with E-state index in [-0.39, 0.29) is 11.7 Å². The lowest BCUT2D eigenvalue weighted by atomic mass is 10.0. The molecule has 0 aromatic heterocycles. The molecule has 0 spiro atoms. The van der Waals surface area contributed by atoms with Crippen molar-refractivity contribution < 1.29 is 9.53 Å². The largest absolute Gasteiger partial charge is 0.497 e. The number of hydrogen-bond donors (Lipinski definition) is 0. The van der Waals surface area contributed by atoms with E-state index < -0.39 is 0 Å². The van der Waals surface area contributed by atoms with Gasteiger partial charge in [0.15, 0.2) is 5.78 Å². The van der Waals surface area contributed by atoms with E-state index >= 15 is 0 Å². The molecule has 19 heavy (non-hydrogen) atoms. The Kier molecular flexibility index (Phi) is 3.08. The first-order valence-corrected chi connectivity index (χ1v) is 6.53. The van der Waals surface area contributed by atoms with Crippen LogP contribution >= 0.6 is 0 Å². The molecule has 0 N–H and O–H groups in total. The molecule has 1 fully saturated rings. The maximum absolute atomic E-state index is 12.3. The third-order valence-electron chi connectivity index (χ3n) is 3.73. The number of hydrogen-bond acceptors (Lipinski definition) is 2. The Balaban J connectivity index is 1.72. The molecular weight excluding hydrogens is 236 g/mol. The van der Waals surface area contributed by atoms with Crippen molar-refractivity contribution in [3.63, 3.8) is 0 Å². The van der Waals surface area contributed by atoms with Gasteiger partial charge in [0.05, 0.1) is 7.11 Å². The van der Waals surface area contributed by atoms with E-state index in [0.29, 0.717) is 5.92 Å². The maximum Gasteiger partial charge on any atom is 0.166 e. The summed E-state index contributed by atoms with van der Waals surface area (Å²) in [5.41, 5.74) is 2.05. The summed E-state index contributed by atoms with van der Waals surface area (Å²) in [5, 5.41) is 0. The lowest BCUT2D eigenvalue weighted by Gasteiger charge is -2.03. The van der Waals surface area contributed by atoms with Gasteiger partial charge < -0.3 is 4.74 Å². The molecule has 96 valence electrons. The Morgan fingerprint density at radius 1 is 1.05 bits per heavy atom. The number of benzene rings is 2. The van der Waals surface area contributed by atoms with E-state index in [9.17, 15) is 4.79 Å². The predicted molar refractivity (Wildman–Crippen MR) is 74.6 cm³/mol. The molecule has 1 aliphatic rings. The van der Waals surface area contributed by atoms with Crippen molar-refractivity contribution in [3.05, 3.63) is 65.7 Å². The second-order valence-corrected chi connectivity index (χ2v) is 4.95. The van der Waals surface area contributed by atoms with Crippen LogP contribution in [0.25, 0.3) is 0 Å². The smallest absolute Gasteiger partial charge is 0.166 e. The molecule has 0 aliphatic heterocycles. The topological polar surface area (TPSA) is 26.3 Å². The number of carbonyl (C=O) groups excluding carboxylic acids is 1. The zero-order valence-electron chi connectivity index (χ0n) is 10.9. The highest BCUT2D eigenvalue weighted by Gasteiger charge is 2.43. The Morgan fingerprint density at radius 2 is 1.74 bits per heavy atom. The van der Waals surface area contributed by atoms with Crippen LogP contribution in [-0.2, 0) is 0 Å². The van der Waals surface area contributed by atoms with Gasteiger partial charge in [-0.05, 0) is 42.2 Å². The Bertz CT molecular complexity index is 572. The van der Waals surface area contributed by atoms with Crippen molar-refractivity contribution in [3.8, 4) is 5.75 Å². The van der Waals surface area contributed by atoms with E-state index in [2.05, 4.69) is 12.1 Å². The number of carbonyl (C=O) groups is 1. The third kappa shape index (κ3) is 2.39. The number of ketones is 1. The van der Waals surface area contributed by atoms with Crippen LogP contribution in [0.5, 0.6) is 5.75 Å². The van der Waals surface area contributed by atoms with Gasteiger partial charge in [-0.2, -0.15) is 0 Å². The van der Waals surface area contributed by atoms with Crippen LogP contribution < -0.4 is 4.74 Å². The van der Waals surface area contributed by atoms with Gasteiger partial charge in [-0.15, -0.1) is 0 Å². The number of Topliss-reactive ketones (excluding diaryl/α,β-unsaturated/α-hetero) is 1. The van der Waals surface area contributed by atoms with E-state index in [4.69, 9.17) is 4.74 Å². The molecule has 0 bridgehead atoms. The van der Waals surface area contributed by atoms with E-state index in [1.807, 2.05) is 42.5 Å². The van der Waals surface area contributed by atoms with Gasteiger partial charge in [0.1, 0.15) is 5.75 Å². The fraction of sp³-hybridized carbons (Fsp3) is 0.235. The van der Waals surface area contributed by atoms with E-state index in [0.717, 1.165) is 17.7 Å². The molecule has 2 unspecified atom stereocenters. The molecule has 0 heterocycles. The van der Waals surface area contributed by atoms with Gasteiger partial charge in [0.25, 0.3) is 0 Å². The monoisotopic (exact) mass is 252 g/mol.